The molecule has 5 nitrogen and oxygen atoms in total. The van der Waals surface area contributed by atoms with Crippen LogP contribution in [0.5, 0.6) is 0 Å². The second-order valence-corrected chi connectivity index (χ2v) is 5.96. The number of likely N-dealkylation sites (N-methyl/N-ethyl adjacent to an activating group) is 1. The SMILES string of the molecule is CNCC(C)(C)N1CC(C2CCOCC2)NC1=O. The normalized spacial score (nSPS) is 26.5. The lowest BCUT2D eigenvalue weighted by atomic mass is 9.91. The molecule has 2 aliphatic heterocycles. The predicted molar refractivity (Wildman–Crippen MR) is 70.6 cm³/mol. The lowest BCUT2D eigenvalue weighted by Gasteiger charge is -2.35. The lowest BCUT2D eigenvalue weighted by molar-refractivity contribution is 0.0550. The predicted octanol–water partition coefficient (Wildman–Crippen LogP) is 0.805. The average Bonchev–Trinajstić information content (AvgIpc) is 2.73. The van der Waals surface area contributed by atoms with Gasteiger partial charge in [0.1, 0.15) is 0 Å². The molecule has 18 heavy (non-hydrogen) atoms. The van der Waals surface area contributed by atoms with Gasteiger partial charge in [0.2, 0.25) is 0 Å². The summed E-state index contributed by atoms with van der Waals surface area (Å²) in [6.45, 7) is 7.50. The number of amides is 2. The van der Waals surface area contributed by atoms with E-state index in [0.717, 1.165) is 39.1 Å². The third-order valence-corrected chi connectivity index (χ3v) is 4.11. The largest absolute Gasteiger partial charge is 0.381 e. The van der Waals surface area contributed by atoms with Crippen LogP contribution >= 0.6 is 0 Å². The zero-order valence-corrected chi connectivity index (χ0v) is 11.7. The number of carbonyl (C=O) groups excluding carboxylic acids is 1. The van der Waals surface area contributed by atoms with Gasteiger partial charge >= 0.3 is 6.03 Å². The zero-order valence-electron chi connectivity index (χ0n) is 11.7. The van der Waals surface area contributed by atoms with Crippen LogP contribution in [0.15, 0.2) is 0 Å². The van der Waals surface area contributed by atoms with Crippen LogP contribution in [-0.2, 0) is 4.74 Å². The second kappa shape index (κ2) is 5.45. The Bertz CT molecular complexity index is 301. The van der Waals surface area contributed by atoms with Gasteiger partial charge in [-0.15, -0.1) is 0 Å². The molecule has 0 saturated carbocycles. The van der Waals surface area contributed by atoms with Crippen molar-refractivity contribution < 1.29 is 9.53 Å². The van der Waals surface area contributed by atoms with Gasteiger partial charge in [0.05, 0.1) is 11.6 Å². The van der Waals surface area contributed by atoms with Crippen LogP contribution in [-0.4, -0.2) is 55.9 Å². The summed E-state index contributed by atoms with van der Waals surface area (Å²) in [5.41, 5.74) is -0.140. The fourth-order valence-corrected chi connectivity index (χ4v) is 3.00. The van der Waals surface area contributed by atoms with E-state index in [1.807, 2.05) is 11.9 Å². The van der Waals surface area contributed by atoms with Crippen LogP contribution < -0.4 is 10.6 Å². The zero-order chi connectivity index (χ0) is 13.2. The molecule has 0 aliphatic carbocycles. The summed E-state index contributed by atoms with van der Waals surface area (Å²) in [6.07, 6.45) is 2.12. The fourth-order valence-electron chi connectivity index (χ4n) is 3.00. The number of nitrogens with one attached hydrogen (secondary N) is 2. The Labute approximate surface area is 109 Å². The summed E-state index contributed by atoms with van der Waals surface area (Å²) < 4.78 is 5.38. The fraction of sp³-hybridized carbons (Fsp3) is 0.923. The van der Waals surface area contributed by atoms with Crippen molar-refractivity contribution >= 4 is 6.03 Å². The van der Waals surface area contributed by atoms with Gasteiger partial charge in [-0.2, -0.15) is 0 Å². The van der Waals surface area contributed by atoms with Gasteiger partial charge in [-0.05, 0) is 39.7 Å². The standard InChI is InChI=1S/C13H25N3O2/c1-13(2,9-14-3)16-8-11(15-12(16)17)10-4-6-18-7-5-10/h10-11,14H,4-9H2,1-3H3,(H,15,17). The molecule has 0 aromatic heterocycles. The van der Waals surface area contributed by atoms with E-state index in [2.05, 4.69) is 24.5 Å². The van der Waals surface area contributed by atoms with Crippen LogP contribution in [0.2, 0.25) is 0 Å². The number of urea groups is 1. The van der Waals surface area contributed by atoms with E-state index >= 15 is 0 Å². The quantitative estimate of drug-likeness (QED) is 0.781. The maximum absolute atomic E-state index is 12.1. The minimum atomic E-state index is -0.140. The molecule has 2 heterocycles. The summed E-state index contributed by atoms with van der Waals surface area (Å²) in [6, 6.07) is 0.365. The van der Waals surface area contributed by atoms with Gasteiger partial charge in [-0.3, -0.25) is 0 Å². The molecule has 1 unspecified atom stereocenters. The highest BCUT2D eigenvalue weighted by Gasteiger charge is 2.41. The Morgan fingerprint density at radius 3 is 2.72 bits per heavy atom. The van der Waals surface area contributed by atoms with Gasteiger partial charge in [-0.25, -0.2) is 4.79 Å². The maximum atomic E-state index is 12.1. The molecule has 2 fully saturated rings. The summed E-state index contributed by atoms with van der Waals surface area (Å²) in [5.74, 6) is 0.568. The van der Waals surface area contributed by atoms with Gasteiger partial charge < -0.3 is 20.3 Å². The van der Waals surface area contributed by atoms with Crippen molar-refractivity contribution in [3.63, 3.8) is 0 Å². The maximum Gasteiger partial charge on any atom is 0.318 e. The highest BCUT2D eigenvalue weighted by molar-refractivity contribution is 5.77. The van der Waals surface area contributed by atoms with Gasteiger partial charge in [0.15, 0.2) is 0 Å². The number of carbonyl (C=O) groups is 1. The summed E-state index contributed by atoms with van der Waals surface area (Å²) in [4.78, 5) is 14.1. The third-order valence-electron chi connectivity index (χ3n) is 4.11. The third kappa shape index (κ3) is 2.78. The molecular formula is C13H25N3O2. The van der Waals surface area contributed by atoms with E-state index in [4.69, 9.17) is 4.74 Å². The number of ether oxygens (including phenoxy) is 1. The first kappa shape index (κ1) is 13.6. The smallest absolute Gasteiger partial charge is 0.318 e. The van der Waals surface area contributed by atoms with E-state index in [-0.39, 0.29) is 17.6 Å². The monoisotopic (exact) mass is 255 g/mol. The Balaban J connectivity index is 1.97. The molecule has 0 aromatic rings. The van der Waals surface area contributed by atoms with Crippen molar-refractivity contribution in [2.45, 2.75) is 38.3 Å². The molecule has 104 valence electrons. The molecule has 0 bridgehead atoms. The van der Waals surface area contributed by atoms with Gasteiger partial charge in [-0.1, -0.05) is 0 Å². The minimum absolute atomic E-state index is 0.0757. The summed E-state index contributed by atoms with van der Waals surface area (Å²) >= 11 is 0. The molecule has 5 heteroatoms. The van der Waals surface area contributed by atoms with Crippen molar-refractivity contribution in [3.05, 3.63) is 0 Å². The van der Waals surface area contributed by atoms with Crippen molar-refractivity contribution in [1.29, 1.82) is 0 Å². The number of rotatable bonds is 4. The van der Waals surface area contributed by atoms with Crippen molar-refractivity contribution in [2.24, 2.45) is 5.92 Å². The van der Waals surface area contributed by atoms with Crippen LogP contribution in [0, 0.1) is 5.92 Å². The Morgan fingerprint density at radius 2 is 2.11 bits per heavy atom. The lowest BCUT2D eigenvalue weighted by Crippen LogP contribution is -2.51. The van der Waals surface area contributed by atoms with E-state index in [1.165, 1.54) is 0 Å². The summed E-state index contributed by atoms with van der Waals surface area (Å²) in [7, 11) is 1.92. The molecular weight excluding hydrogens is 230 g/mol. The topological polar surface area (TPSA) is 53.6 Å². The van der Waals surface area contributed by atoms with Crippen LogP contribution in [0.4, 0.5) is 4.79 Å². The first-order valence-electron chi connectivity index (χ1n) is 6.85. The molecule has 2 N–H and O–H groups in total. The van der Waals surface area contributed by atoms with E-state index < -0.39 is 0 Å². The molecule has 2 rings (SSSR count). The molecule has 0 radical (unpaired) electrons. The van der Waals surface area contributed by atoms with Crippen LogP contribution in [0.25, 0.3) is 0 Å². The van der Waals surface area contributed by atoms with Crippen molar-refractivity contribution in [1.82, 2.24) is 15.5 Å². The Hall–Kier alpha value is -0.810. The van der Waals surface area contributed by atoms with Crippen molar-refractivity contribution in [2.75, 3.05) is 33.4 Å². The second-order valence-electron chi connectivity index (χ2n) is 5.96. The number of hydrogen-bond donors (Lipinski definition) is 2. The van der Waals surface area contributed by atoms with Gasteiger partial charge in [0.25, 0.3) is 0 Å². The number of hydrogen-bond acceptors (Lipinski definition) is 3. The number of nitrogens with zero attached hydrogens (tertiary/aromatic N) is 1. The van der Waals surface area contributed by atoms with E-state index in [0.29, 0.717) is 5.92 Å². The molecule has 0 aromatic carbocycles. The van der Waals surface area contributed by atoms with Crippen LogP contribution in [0.1, 0.15) is 26.7 Å². The Kier molecular flexibility index (Phi) is 4.12. The van der Waals surface area contributed by atoms with Crippen molar-refractivity contribution in [3.8, 4) is 0 Å². The highest BCUT2D eigenvalue weighted by Crippen LogP contribution is 2.26. The summed E-state index contributed by atoms with van der Waals surface area (Å²) in [5, 5.41) is 6.30. The molecule has 2 aliphatic rings. The van der Waals surface area contributed by atoms with E-state index in [9.17, 15) is 4.79 Å². The molecule has 2 amide bonds. The Morgan fingerprint density at radius 1 is 1.44 bits per heavy atom. The first-order chi connectivity index (χ1) is 8.54. The van der Waals surface area contributed by atoms with Crippen LogP contribution in [0.3, 0.4) is 0 Å². The molecule has 0 spiro atoms. The highest BCUT2D eigenvalue weighted by atomic mass is 16.5. The van der Waals surface area contributed by atoms with Gasteiger partial charge in [0, 0.05) is 26.3 Å². The average molecular weight is 255 g/mol. The molecule has 1 atom stereocenters. The van der Waals surface area contributed by atoms with E-state index in [1.54, 1.807) is 0 Å². The first-order valence-corrected chi connectivity index (χ1v) is 6.85. The minimum Gasteiger partial charge on any atom is -0.381 e. The molecule has 2 saturated heterocycles.